The van der Waals surface area contributed by atoms with E-state index in [0.29, 0.717) is 24.2 Å². The SMILES string of the molecule is O=C1CSCN1CC(=O)N(CCO)C1CC1. The highest BCUT2D eigenvalue weighted by molar-refractivity contribution is 8.00. The summed E-state index contributed by atoms with van der Waals surface area (Å²) in [7, 11) is 0. The molecule has 2 aliphatic rings. The van der Waals surface area contributed by atoms with Crippen LogP contribution < -0.4 is 0 Å². The van der Waals surface area contributed by atoms with E-state index in [4.69, 9.17) is 5.11 Å². The summed E-state index contributed by atoms with van der Waals surface area (Å²) in [6, 6.07) is 0.296. The number of carbonyl (C=O) groups is 2. The highest BCUT2D eigenvalue weighted by atomic mass is 32.2. The number of nitrogens with zero attached hydrogens (tertiary/aromatic N) is 2. The quantitative estimate of drug-likeness (QED) is 0.708. The van der Waals surface area contributed by atoms with Gasteiger partial charge in [0.15, 0.2) is 0 Å². The van der Waals surface area contributed by atoms with Crippen LogP contribution >= 0.6 is 11.8 Å². The van der Waals surface area contributed by atoms with Gasteiger partial charge in [0.1, 0.15) is 6.54 Å². The van der Waals surface area contributed by atoms with Crippen LogP contribution in [-0.2, 0) is 9.59 Å². The van der Waals surface area contributed by atoms with Gasteiger partial charge in [-0.1, -0.05) is 0 Å². The third kappa shape index (κ3) is 2.68. The molecule has 0 radical (unpaired) electrons. The van der Waals surface area contributed by atoms with Gasteiger partial charge < -0.3 is 14.9 Å². The van der Waals surface area contributed by atoms with Crippen molar-refractivity contribution < 1.29 is 14.7 Å². The minimum atomic E-state index is -0.0348. The predicted octanol–water partition coefficient (Wildman–Crippen LogP) is -0.497. The Morgan fingerprint density at radius 3 is 2.81 bits per heavy atom. The van der Waals surface area contributed by atoms with Gasteiger partial charge in [-0.3, -0.25) is 9.59 Å². The number of amides is 2. The average molecular weight is 244 g/mol. The molecule has 1 saturated carbocycles. The van der Waals surface area contributed by atoms with Crippen molar-refractivity contribution in [3.05, 3.63) is 0 Å². The maximum Gasteiger partial charge on any atom is 0.242 e. The van der Waals surface area contributed by atoms with E-state index >= 15 is 0 Å². The van der Waals surface area contributed by atoms with Gasteiger partial charge in [0.25, 0.3) is 0 Å². The molecular weight excluding hydrogens is 228 g/mol. The first kappa shape index (κ1) is 11.7. The van der Waals surface area contributed by atoms with Crippen molar-refractivity contribution in [1.82, 2.24) is 9.80 Å². The lowest BCUT2D eigenvalue weighted by Gasteiger charge is -2.24. The Kier molecular flexibility index (Phi) is 3.70. The summed E-state index contributed by atoms with van der Waals surface area (Å²) in [6.45, 7) is 0.548. The topological polar surface area (TPSA) is 60.9 Å². The molecule has 0 aromatic carbocycles. The van der Waals surface area contributed by atoms with Gasteiger partial charge in [-0.15, -0.1) is 11.8 Å². The second kappa shape index (κ2) is 5.05. The van der Waals surface area contributed by atoms with E-state index in [0.717, 1.165) is 12.8 Å². The van der Waals surface area contributed by atoms with Gasteiger partial charge in [0.05, 0.1) is 18.2 Å². The lowest BCUT2D eigenvalue weighted by atomic mass is 10.4. The summed E-state index contributed by atoms with van der Waals surface area (Å²) in [5.41, 5.74) is 0. The van der Waals surface area contributed by atoms with Crippen LogP contribution in [-0.4, -0.2) is 64.1 Å². The normalized spacial score (nSPS) is 20.3. The van der Waals surface area contributed by atoms with Crippen molar-refractivity contribution in [2.45, 2.75) is 18.9 Å². The fourth-order valence-corrected chi connectivity index (χ4v) is 2.70. The first-order chi connectivity index (χ1) is 7.72. The molecule has 5 nitrogen and oxygen atoms in total. The van der Waals surface area contributed by atoms with Crippen LogP contribution in [0.5, 0.6) is 0 Å². The summed E-state index contributed by atoms with van der Waals surface area (Å²) >= 11 is 1.54. The molecule has 0 bridgehead atoms. The predicted molar refractivity (Wildman–Crippen MR) is 60.9 cm³/mol. The van der Waals surface area contributed by atoms with Crippen LogP contribution in [0, 0.1) is 0 Å². The Bertz CT molecular complexity index is 294. The standard InChI is InChI=1S/C10H16N2O3S/c13-4-3-12(8-1-2-8)9(14)5-11-7-16-6-10(11)15/h8,13H,1-7H2. The highest BCUT2D eigenvalue weighted by Crippen LogP contribution is 2.27. The second-order valence-corrected chi connectivity index (χ2v) is 5.07. The lowest BCUT2D eigenvalue weighted by molar-refractivity contribution is -0.138. The Balaban J connectivity index is 1.87. The summed E-state index contributed by atoms with van der Waals surface area (Å²) in [5, 5.41) is 8.90. The van der Waals surface area contributed by atoms with Crippen LogP contribution in [0.25, 0.3) is 0 Å². The monoisotopic (exact) mass is 244 g/mol. The Hall–Kier alpha value is -0.750. The molecule has 1 heterocycles. The van der Waals surface area contributed by atoms with Crippen molar-refractivity contribution in [1.29, 1.82) is 0 Å². The first-order valence-electron chi connectivity index (χ1n) is 5.48. The van der Waals surface area contributed by atoms with Crippen LogP contribution in [0.1, 0.15) is 12.8 Å². The number of rotatable bonds is 5. The molecule has 1 aliphatic heterocycles. The van der Waals surface area contributed by atoms with Crippen LogP contribution in [0.3, 0.4) is 0 Å². The zero-order valence-electron chi connectivity index (χ0n) is 9.09. The molecule has 2 rings (SSSR count). The van der Waals surface area contributed by atoms with Gasteiger partial charge in [0, 0.05) is 12.6 Å². The van der Waals surface area contributed by atoms with Gasteiger partial charge >= 0.3 is 0 Å². The molecule has 0 aromatic rings. The number of hydrogen-bond donors (Lipinski definition) is 1. The fourth-order valence-electron chi connectivity index (χ4n) is 1.80. The van der Waals surface area contributed by atoms with Gasteiger partial charge in [-0.05, 0) is 12.8 Å². The van der Waals surface area contributed by atoms with E-state index < -0.39 is 0 Å². The van der Waals surface area contributed by atoms with Crippen molar-refractivity contribution in [3.8, 4) is 0 Å². The van der Waals surface area contributed by atoms with Crippen molar-refractivity contribution in [3.63, 3.8) is 0 Å². The Labute approximate surface area is 98.8 Å². The summed E-state index contributed by atoms with van der Waals surface area (Å²) in [4.78, 5) is 26.6. The lowest BCUT2D eigenvalue weighted by Crippen LogP contribution is -2.43. The van der Waals surface area contributed by atoms with E-state index in [1.54, 1.807) is 9.80 Å². The molecule has 90 valence electrons. The zero-order chi connectivity index (χ0) is 11.5. The fraction of sp³-hybridized carbons (Fsp3) is 0.800. The molecular formula is C10H16N2O3S. The Morgan fingerprint density at radius 1 is 1.56 bits per heavy atom. The highest BCUT2D eigenvalue weighted by Gasteiger charge is 2.33. The van der Waals surface area contributed by atoms with Crippen LogP contribution in [0.15, 0.2) is 0 Å². The maximum absolute atomic E-state index is 11.9. The molecule has 6 heteroatoms. The van der Waals surface area contributed by atoms with Gasteiger partial charge in [0.2, 0.25) is 11.8 Å². The zero-order valence-corrected chi connectivity index (χ0v) is 9.91. The van der Waals surface area contributed by atoms with Gasteiger partial charge in [-0.2, -0.15) is 0 Å². The molecule has 1 N–H and O–H groups in total. The average Bonchev–Trinajstić information content (AvgIpc) is 3.01. The van der Waals surface area contributed by atoms with Crippen molar-refractivity contribution in [2.24, 2.45) is 0 Å². The van der Waals surface area contributed by atoms with E-state index in [9.17, 15) is 9.59 Å². The smallest absolute Gasteiger partial charge is 0.242 e. The summed E-state index contributed by atoms with van der Waals surface area (Å²) in [6.07, 6.45) is 2.04. The Morgan fingerprint density at radius 2 is 2.31 bits per heavy atom. The number of aliphatic hydroxyl groups is 1. The largest absolute Gasteiger partial charge is 0.395 e. The third-order valence-corrected chi connectivity index (χ3v) is 3.75. The number of thioether (sulfide) groups is 1. The minimum absolute atomic E-state index is 0.00899. The van der Waals surface area contributed by atoms with E-state index in [1.807, 2.05) is 0 Å². The third-order valence-electron chi connectivity index (χ3n) is 2.80. The van der Waals surface area contributed by atoms with Crippen molar-refractivity contribution >= 4 is 23.6 Å². The summed E-state index contributed by atoms with van der Waals surface area (Å²) < 4.78 is 0. The molecule has 0 aromatic heterocycles. The van der Waals surface area contributed by atoms with Crippen LogP contribution in [0.4, 0.5) is 0 Å². The molecule has 1 saturated heterocycles. The minimum Gasteiger partial charge on any atom is -0.395 e. The second-order valence-electron chi connectivity index (χ2n) is 4.11. The van der Waals surface area contributed by atoms with Crippen molar-refractivity contribution in [2.75, 3.05) is 31.3 Å². The molecule has 0 unspecified atom stereocenters. The molecule has 0 spiro atoms. The van der Waals surface area contributed by atoms with E-state index in [1.165, 1.54) is 11.8 Å². The number of carbonyl (C=O) groups excluding carboxylic acids is 2. The summed E-state index contributed by atoms with van der Waals surface area (Å²) in [5.74, 6) is 1.10. The molecule has 1 aliphatic carbocycles. The maximum atomic E-state index is 11.9. The molecule has 16 heavy (non-hydrogen) atoms. The number of hydrogen-bond acceptors (Lipinski definition) is 4. The number of aliphatic hydroxyl groups excluding tert-OH is 1. The molecule has 2 fully saturated rings. The first-order valence-corrected chi connectivity index (χ1v) is 6.63. The van der Waals surface area contributed by atoms with E-state index in [-0.39, 0.29) is 25.0 Å². The van der Waals surface area contributed by atoms with Crippen LogP contribution in [0.2, 0.25) is 0 Å². The molecule has 2 amide bonds. The van der Waals surface area contributed by atoms with Gasteiger partial charge in [-0.25, -0.2) is 0 Å². The van der Waals surface area contributed by atoms with E-state index in [2.05, 4.69) is 0 Å². The molecule has 0 atom stereocenters.